The fourth-order valence-corrected chi connectivity index (χ4v) is 2.52. The number of methoxy groups -OCH3 is 1. The maximum absolute atomic E-state index is 12.7. The van der Waals surface area contributed by atoms with Gasteiger partial charge < -0.3 is 9.64 Å². The highest BCUT2D eigenvalue weighted by Gasteiger charge is 2.16. The number of hydrogen-bond acceptors (Lipinski definition) is 4. The molecule has 0 N–H and O–H groups in total. The van der Waals surface area contributed by atoms with Crippen molar-refractivity contribution in [1.29, 1.82) is 0 Å². The van der Waals surface area contributed by atoms with Gasteiger partial charge in [-0.05, 0) is 36.1 Å². The number of ether oxygens (including phenoxy) is 1. The largest absolute Gasteiger partial charge is 0.497 e. The number of carbonyl (C=O) groups is 1. The molecule has 120 valence electrons. The number of carbonyl (C=O) groups excluding carboxylic acids is 1. The zero-order valence-electron chi connectivity index (χ0n) is 13.5. The molecule has 23 heavy (non-hydrogen) atoms. The molecule has 0 saturated heterocycles. The molecule has 0 aliphatic heterocycles. The van der Waals surface area contributed by atoms with Crippen LogP contribution in [0.2, 0.25) is 0 Å². The normalized spacial score (nSPS) is 11.1. The van der Waals surface area contributed by atoms with E-state index in [0.717, 1.165) is 10.9 Å². The van der Waals surface area contributed by atoms with Crippen molar-refractivity contribution in [1.82, 2.24) is 19.1 Å². The van der Waals surface area contributed by atoms with Crippen molar-refractivity contribution < 1.29 is 9.53 Å². The van der Waals surface area contributed by atoms with Crippen molar-refractivity contribution in [2.45, 2.75) is 13.5 Å². The summed E-state index contributed by atoms with van der Waals surface area (Å²) >= 11 is 0. The van der Waals surface area contributed by atoms with Gasteiger partial charge in [0.15, 0.2) is 5.65 Å². The summed E-state index contributed by atoms with van der Waals surface area (Å²) in [6.07, 6.45) is 0. The quantitative estimate of drug-likeness (QED) is 0.725. The first-order valence-corrected chi connectivity index (χ1v) is 7.19. The Kier molecular flexibility index (Phi) is 3.55. The molecule has 0 aliphatic rings. The Balaban J connectivity index is 2.30. The third kappa shape index (κ3) is 2.44. The van der Waals surface area contributed by atoms with Gasteiger partial charge in [-0.15, -0.1) is 5.10 Å². The van der Waals surface area contributed by atoms with E-state index in [1.807, 2.05) is 25.1 Å². The molecular weight excluding hydrogens is 296 g/mol. The van der Waals surface area contributed by atoms with Gasteiger partial charge in [-0.2, -0.15) is 0 Å². The highest BCUT2D eigenvalue weighted by Crippen LogP contribution is 2.23. The van der Waals surface area contributed by atoms with Gasteiger partial charge >= 0.3 is 5.69 Å². The summed E-state index contributed by atoms with van der Waals surface area (Å²) in [6, 6.07) is 7.51. The fourth-order valence-electron chi connectivity index (χ4n) is 2.52. The molecule has 7 nitrogen and oxygen atoms in total. The van der Waals surface area contributed by atoms with Crippen LogP contribution < -0.4 is 10.4 Å². The number of amides is 1. The second kappa shape index (κ2) is 5.42. The summed E-state index contributed by atoms with van der Waals surface area (Å²) in [7, 11) is 4.87. The molecule has 0 spiro atoms. The third-order valence-corrected chi connectivity index (χ3v) is 3.83. The molecule has 0 aliphatic carbocycles. The summed E-state index contributed by atoms with van der Waals surface area (Å²) in [6.45, 7) is 1.81. The van der Waals surface area contributed by atoms with Crippen LogP contribution in [-0.2, 0) is 11.3 Å². The van der Waals surface area contributed by atoms with Gasteiger partial charge in [-0.1, -0.05) is 0 Å². The number of rotatable bonds is 3. The summed E-state index contributed by atoms with van der Waals surface area (Å²) in [4.78, 5) is 26.0. The van der Waals surface area contributed by atoms with E-state index in [1.165, 1.54) is 14.0 Å². The third-order valence-electron chi connectivity index (χ3n) is 3.83. The number of aromatic nitrogens is 3. The van der Waals surface area contributed by atoms with E-state index in [-0.39, 0.29) is 18.1 Å². The predicted molar refractivity (Wildman–Crippen MR) is 86.9 cm³/mol. The van der Waals surface area contributed by atoms with E-state index in [1.54, 1.807) is 27.3 Å². The lowest BCUT2D eigenvalue weighted by molar-refractivity contribution is -0.129. The highest BCUT2D eigenvalue weighted by atomic mass is 16.5. The zero-order valence-corrected chi connectivity index (χ0v) is 13.5. The second-order valence-corrected chi connectivity index (χ2v) is 5.64. The van der Waals surface area contributed by atoms with Gasteiger partial charge in [0.05, 0.1) is 12.6 Å². The van der Waals surface area contributed by atoms with Crippen LogP contribution in [0.3, 0.4) is 0 Å². The first-order valence-electron chi connectivity index (χ1n) is 7.19. The van der Waals surface area contributed by atoms with Crippen LogP contribution >= 0.6 is 0 Å². The van der Waals surface area contributed by atoms with Crippen molar-refractivity contribution in [2.75, 3.05) is 21.2 Å². The molecule has 0 unspecified atom stereocenters. The summed E-state index contributed by atoms with van der Waals surface area (Å²) in [5, 5.41) is 5.23. The van der Waals surface area contributed by atoms with Gasteiger partial charge in [0.1, 0.15) is 12.3 Å². The molecule has 0 atom stereocenters. The summed E-state index contributed by atoms with van der Waals surface area (Å²) in [5.74, 6) is 0.474. The molecular formula is C16H18N4O3. The van der Waals surface area contributed by atoms with Crippen molar-refractivity contribution in [3.8, 4) is 5.75 Å². The average Bonchev–Trinajstić information content (AvgIpc) is 2.85. The Bertz CT molecular complexity index is 969. The minimum Gasteiger partial charge on any atom is -0.497 e. The molecule has 2 aromatic heterocycles. The fraction of sp³-hybridized carbons (Fsp3) is 0.312. The lowest BCUT2D eigenvalue weighted by atomic mass is 10.1. The number of fused-ring (bicyclic) bond motifs is 3. The number of aryl methyl sites for hydroxylation is 1. The van der Waals surface area contributed by atoms with E-state index in [0.29, 0.717) is 16.9 Å². The maximum Gasteiger partial charge on any atom is 0.351 e. The summed E-state index contributed by atoms with van der Waals surface area (Å²) in [5.41, 5.74) is 1.79. The minimum absolute atomic E-state index is 0.0849. The number of likely N-dealkylation sites (N-methyl/N-ethyl adjacent to an activating group) is 1. The van der Waals surface area contributed by atoms with E-state index >= 15 is 0 Å². The molecule has 3 aromatic rings. The molecule has 7 heteroatoms. The Morgan fingerprint density at radius 2 is 2.04 bits per heavy atom. The number of benzene rings is 1. The Morgan fingerprint density at radius 1 is 1.30 bits per heavy atom. The van der Waals surface area contributed by atoms with Crippen molar-refractivity contribution in [3.63, 3.8) is 0 Å². The van der Waals surface area contributed by atoms with Crippen LogP contribution in [0.15, 0.2) is 29.1 Å². The second-order valence-electron chi connectivity index (χ2n) is 5.64. The van der Waals surface area contributed by atoms with Gasteiger partial charge in [-0.3, -0.25) is 4.79 Å². The van der Waals surface area contributed by atoms with Crippen molar-refractivity contribution >= 4 is 22.5 Å². The molecule has 0 radical (unpaired) electrons. The van der Waals surface area contributed by atoms with E-state index in [4.69, 9.17) is 4.74 Å². The van der Waals surface area contributed by atoms with Crippen LogP contribution in [0.25, 0.3) is 16.6 Å². The van der Waals surface area contributed by atoms with Crippen molar-refractivity contribution in [2.24, 2.45) is 0 Å². The molecule has 0 fully saturated rings. The van der Waals surface area contributed by atoms with Gasteiger partial charge in [-0.25, -0.2) is 13.9 Å². The average molecular weight is 314 g/mol. The minimum atomic E-state index is -0.336. The number of nitrogens with zero attached hydrogens (tertiary/aromatic N) is 4. The molecule has 1 amide bonds. The predicted octanol–water partition coefficient (Wildman–Crippen LogP) is 1.05. The number of hydrogen-bond donors (Lipinski definition) is 0. The molecule has 2 heterocycles. The van der Waals surface area contributed by atoms with Crippen LogP contribution in [0, 0.1) is 6.92 Å². The van der Waals surface area contributed by atoms with Crippen molar-refractivity contribution in [3.05, 3.63) is 40.3 Å². The van der Waals surface area contributed by atoms with Gasteiger partial charge in [0.25, 0.3) is 0 Å². The van der Waals surface area contributed by atoms with Gasteiger partial charge in [0.2, 0.25) is 5.91 Å². The standard InChI is InChI=1S/C16H18N4O3/c1-10-7-11-5-6-12(23-4)8-13(11)20-15(10)17-19(16(20)22)9-14(21)18(2)3/h5-8H,9H2,1-4H3. The van der Waals surface area contributed by atoms with Gasteiger partial charge in [0, 0.05) is 20.2 Å². The SMILES string of the molecule is COc1ccc2cc(C)c3nn(CC(=O)N(C)C)c(=O)n3c2c1. The Labute approximate surface area is 132 Å². The van der Waals surface area contributed by atoms with Crippen LogP contribution in [0.1, 0.15) is 5.56 Å². The van der Waals surface area contributed by atoms with E-state index in [2.05, 4.69) is 5.10 Å². The topological polar surface area (TPSA) is 68.8 Å². The maximum atomic E-state index is 12.7. The van der Waals surface area contributed by atoms with Crippen LogP contribution in [0.5, 0.6) is 5.75 Å². The Morgan fingerprint density at radius 3 is 2.70 bits per heavy atom. The Hall–Kier alpha value is -2.83. The lowest BCUT2D eigenvalue weighted by Crippen LogP contribution is -2.32. The highest BCUT2D eigenvalue weighted by molar-refractivity contribution is 5.84. The molecule has 1 aromatic carbocycles. The molecule has 3 rings (SSSR count). The zero-order chi connectivity index (χ0) is 16.7. The van der Waals surface area contributed by atoms with E-state index < -0.39 is 0 Å². The number of pyridine rings is 1. The van der Waals surface area contributed by atoms with Crippen LogP contribution in [-0.4, -0.2) is 46.2 Å². The lowest BCUT2D eigenvalue weighted by Gasteiger charge is -2.08. The smallest absolute Gasteiger partial charge is 0.351 e. The molecule has 0 saturated carbocycles. The first kappa shape index (κ1) is 15.1. The molecule has 0 bridgehead atoms. The van der Waals surface area contributed by atoms with Crippen LogP contribution in [0.4, 0.5) is 0 Å². The first-order chi connectivity index (χ1) is 10.9. The summed E-state index contributed by atoms with van der Waals surface area (Å²) < 4.78 is 7.96. The monoisotopic (exact) mass is 314 g/mol. The van der Waals surface area contributed by atoms with E-state index in [9.17, 15) is 9.59 Å².